The number of anilines is 2. The van der Waals surface area contributed by atoms with Gasteiger partial charge in [0, 0.05) is 11.3 Å². The molecule has 3 amide bonds. The Morgan fingerprint density at radius 3 is 2.25 bits per heavy atom. The first-order chi connectivity index (χ1) is 17.5. The van der Waals surface area contributed by atoms with E-state index in [9.17, 15) is 19.2 Å². The Labute approximate surface area is 209 Å². The van der Waals surface area contributed by atoms with E-state index in [0.29, 0.717) is 40.9 Å². The molecular weight excluding hydrogens is 456 g/mol. The molecule has 7 rings (SSSR count). The highest BCUT2D eigenvalue weighted by Crippen LogP contribution is 2.65. The lowest BCUT2D eigenvalue weighted by molar-refractivity contribution is -0.124. The smallest absolute Gasteiger partial charge is 0.338 e. The maximum atomic E-state index is 13.4. The first kappa shape index (κ1) is 22.7. The zero-order valence-electron chi connectivity index (χ0n) is 20.1. The van der Waals surface area contributed by atoms with Crippen LogP contribution in [-0.4, -0.2) is 30.3 Å². The zero-order valence-corrected chi connectivity index (χ0v) is 20.1. The summed E-state index contributed by atoms with van der Waals surface area (Å²) < 4.78 is 5.21. The SMILES string of the molecule is CCCCOC(=O)c1ccc(NC(=O)c2cccc(N3C(=O)[C@H]4[C@@H]5C=C[C@H]([C@H]6C[C@H]56)[C@@H]4C3=O)c2)cc1. The first-order valence-electron chi connectivity index (χ1n) is 12.7. The molecule has 1 N–H and O–H groups in total. The molecule has 6 atom stereocenters. The van der Waals surface area contributed by atoms with E-state index >= 15 is 0 Å². The van der Waals surface area contributed by atoms with Gasteiger partial charge in [0.15, 0.2) is 0 Å². The number of ether oxygens (including phenoxy) is 1. The lowest BCUT2D eigenvalue weighted by Crippen LogP contribution is -2.40. The van der Waals surface area contributed by atoms with Crippen molar-refractivity contribution in [1.29, 1.82) is 0 Å². The third kappa shape index (κ3) is 3.65. The standard InChI is InChI=1S/C29H28N2O5/c1-2-3-13-36-29(35)16-7-9-18(10-8-16)30-26(32)17-5-4-6-19(14-17)31-27(33)24-20-11-12-21(23-15-22(20)23)25(24)28(31)34/h4-12,14,20-25H,2-3,13,15H2,1H3,(H,30,32)/t20-,21-,22-,23-,24+,25+/m1/s1. The van der Waals surface area contributed by atoms with E-state index in [4.69, 9.17) is 4.74 Å². The van der Waals surface area contributed by atoms with E-state index in [1.54, 1.807) is 48.5 Å². The largest absolute Gasteiger partial charge is 0.462 e. The lowest BCUT2D eigenvalue weighted by Gasteiger charge is -2.37. The van der Waals surface area contributed by atoms with Crippen LogP contribution in [0.3, 0.4) is 0 Å². The number of hydrogen-bond acceptors (Lipinski definition) is 5. The number of esters is 1. The molecular formula is C29H28N2O5. The number of nitrogens with one attached hydrogen (secondary N) is 1. The Morgan fingerprint density at radius 2 is 1.61 bits per heavy atom. The van der Waals surface area contributed by atoms with Gasteiger partial charge in [0.2, 0.25) is 11.8 Å². The molecule has 3 fully saturated rings. The normalized spacial score (nSPS) is 29.1. The molecule has 2 saturated carbocycles. The van der Waals surface area contributed by atoms with Gasteiger partial charge in [-0.15, -0.1) is 0 Å². The number of amides is 3. The van der Waals surface area contributed by atoms with E-state index in [1.165, 1.54) is 4.90 Å². The number of nitrogens with zero attached hydrogens (tertiary/aromatic N) is 1. The molecule has 2 bridgehead atoms. The predicted molar refractivity (Wildman–Crippen MR) is 133 cm³/mol. The van der Waals surface area contributed by atoms with Crippen LogP contribution in [0.15, 0.2) is 60.7 Å². The summed E-state index contributed by atoms with van der Waals surface area (Å²) in [7, 11) is 0. The number of hydrogen-bond donors (Lipinski definition) is 1. The number of carbonyl (C=O) groups is 4. The molecule has 2 aromatic carbocycles. The molecule has 4 aliphatic carbocycles. The second-order valence-corrected chi connectivity index (χ2v) is 10.2. The van der Waals surface area contributed by atoms with Crippen LogP contribution in [-0.2, 0) is 14.3 Å². The molecule has 0 unspecified atom stereocenters. The maximum absolute atomic E-state index is 13.4. The van der Waals surface area contributed by atoms with Crippen LogP contribution in [0.2, 0.25) is 0 Å². The van der Waals surface area contributed by atoms with Gasteiger partial charge in [0.25, 0.3) is 5.91 Å². The molecule has 0 radical (unpaired) electrons. The van der Waals surface area contributed by atoms with Crippen LogP contribution in [0, 0.1) is 35.5 Å². The van der Waals surface area contributed by atoms with Crippen molar-refractivity contribution in [3.8, 4) is 0 Å². The van der Waals surface area contributed by atoms with Crippen LogP contribution in [0.1, 0.15) is 46.9 Å². The molecule has 1 heterocycles. The van der Waals surface area contributed by atoms with Crippen molar-refractivity contribution in [3.05, 3.63) is 71.8 Å². The fourth-order valence-electron chi connectivity index (χ4n) is 6.28. The maximum Gasteiger partial charge on any atom is 0.338 e. The van der Waals surface area contributed by atoms with Crippen molar-refractivity contribution in [2.24, 2.45) is 35.5 Å². The number of carbonyl (C=O) groups excluding carboxylic acids is 4. The summed E-state index contributed by atoms with van der Waals surface area (Å²) in [5.41, 5.74) is 1.72. The highest BCUT2D eigenvalue weighted by molar-refractivity contribution is 6.23. The van der Waals surface area contributed by atoms with Gasteiger partial charge in [-0.3, -0.25) is 14.4 Å². The Kier molecular flexibility index (Phi) is 5.51. The van der Waals surface area contributed by atoms with Crippen LogP contribution in [0.4, 0.5) is 11.4 Å². The fraction of sp³-hybridized carbons (Fsp3) is 0.379. The number of benzene rings is 2. The molecule has 2 aromatic rings. The van der Waals surface area contributed by atoms with Crippen molar-refractivity contribution in [1.82, 2.24) is 0 Å². The number of imide groups is 1. The summed E-state index contributed by atoms with van der Waals surface area (Å²) in [5.74, 6) is -0.205. The van der Waals surface area contributed by atoms with Gasteiger partial charge >= 0.3 is 5.97 Å². The summed E-state index contributed by atoms with van der Waals surface area (Å²) in [4.78, 5) is 53.1. The molecule has 36 heavy (non-hydrogen) atoms. The summed E-state index contributed by atoms with van der Waals surface area (Å²) in [6, 6.07) is 13.1. The Bertz CT molecular complexity index is 1250. The van der Waals surface area contributed by atoms with Crippen molar-refractivity contribution < 1.29 is 23.9 Å². The van der Waals surface area contributed by atoms with Gasteiger partial charge in [-0.1, -0.05) is 31.6 Å². The Morgan fingerprint density at radius 1 is 0.944 bits per heavy atom. The molecule has 0 spiro atoms. The van der Waals surface area contributed by atoms with Crippen LogP contribution < -0.4 is 10.2 Å². The van der Waals surface area contributed by atoms with Crippen molar-refractivity contribution >= 4 is 35.1 Å². The Balaban J connectivity index is 1.15. The third-order valence-electron chi connectivity index (χ3n) is 8.14. The van der Waals surface area contributed by atoms with Crippen molar-refractivity contribution in [2.75, 3.05) is 16.8 Å². The summed E-state index contributed by atoms with van der Waals surface area (Å²) in [5, 5.41) is 2.81. The molecule has 0 aromatic heterocycles. The van der Waals surface area contributed by atoms with Gasteiger partial charge < -0.3 is 10.1 Å². The van der Waals surface area contributed by atoms with E-state index in [2.05, 4.69) is 17.5 Å². The average Bonchev–Trinajstić information content (AvgIpc) is 3.67. The van der Waals surface area contributed by atoms with Crippen LogP contribution in [0.25, 0.3) is 0 Å². The van der Waals surface area contributed by atoms with Gasteiger partial charge in [-0.25, -0.2) is 9.69 Å². The van der Waals surface area contributed by atoms with Crippen molar-refractivity contribution in [3.63, 3.8) is 0 Å². The Hall–Kier alpha value is -3.74. The number of rotatable bonds is 7. The molecule has 7 nitrogen and oxygen atoms in total. The van der Waals surface area contributed by atoms with E-state index in [-0.39, 0.29) is 41.4 Å². The second kappa shape index (κ2) is 8.73. The molecule has 7 heteroatoms. The second-order valence-electron chi connectivity index (χ2n) is 10.2. The van der Waals surface area contributed by atoms with E-state index in [1.807, 2.05) is 6.92 Å². The van der Waals surface area contributed by atoms with E-state index in [0.717, 1.165) is 19.3 Å². The highest BCUT2D eigenvalue weighted by atomic mass is 16.5. The minimum Gasteiger partial charge on any atom is -0.462 e. The summed E-state index contributed by atoms with van der Waals surface area (Å²) in [6.45, 7) is 2.41. The highest BCUT2D eigenvalue weighted by Gasteiger charge is 2.67. The fourth-order valence-corrected chi connectivity index (χ4v) is 6.28. The third-order valence-corrected chi connectivity index (χ3v) is 8.14. The van der Waals surface area contributed by atoms with Crippen LogP contribution >= 0.6 is 0 Å². The van der Waals surface area contributed by atoms with Crippen molar-refractivity contribution in [2.45, 2.75) is 26.2 Å². The van der Waals surface area contributed by atoms with Crippen LogP contribution in [0.5, 0.6) is 0 Å². The quantitative estimate of drug-likeness (QED) is 0.271. The molecule has 1 aliphatic heterocycles. The van der Waals surface area contributed by atoms with Gasteiger partial charge in [-0.2, -0.15) is 0 Å². The van der Waals surface area contributed by atoms with Gasteiger partial charge in [-0.05, 0) is 79.0 Å². The summed E-state index contributed by atoms with van der Waals surface area (Å²) in [6.07, 6.45) is 7.17. The molecule has 184 valence electrons. The molecule has 1 saturated heterocycles. The van der Waals surface area contributed by atoms with E-state index < -0.39 is 5.97 Å². The average molecular weight is 485 g/mol. The zero-order chi connectivity index (χ0) is 25.0. The number of unbranched alkanes of at least 4 members (excludes halogenated alkanes) is 1. The topological polar surface area (TPSA) is 92.8 Å². The monoisotopic (exact) mass is 484 g/mol. The minimum absolute atomic E-state index is 0.145. The minimum atomic E-state index is -0.393. The first-order valence-corrected chi connectivity index (χ1v) is 12.7. The van der Waals surface area contributed by atoms with Gasteiger partial charge in [0.05, 0.1) is 29.7 Å². The lowest BCUT2D eigenvalue weighted by atomic mass is 9.63. The summed E-state index contributed by atoms with van der Waals surface area (Å²) >= 11 is 0. The molecule has 5 aliphatic rings. The number of allylic oxidation sites excluding steroid dienone is 2. The predicted octanol–water partition coefficient (Wildman–Crippen LogP) is 4.45. The van der Waals surface area contributed by atoms with Gasteiger partial charge in [0.1, 0.15) is 0 Å².